The summed E-state index contributed by atoms with van der Waals surface area (Å²) in [6.45, 7) is 10.4. The van der Waals surface area contributed by atoms with Crippen molar-refractivity contribution < 1.29 is 5.11 Å². The third kappa shape index (κ3) is 3.74. The van der Waals surface area contributed by atoms with Gasteiger partial charge in [0.25, 0.3) is 0 Å². The molecule has 1 rings (SSSR count). The smallest absolute Gasteiger partial charge is 0.0586 e. The summed E-state index contributed by atoms with van der Waals surface area (Å²) in [5, 5.41) is 9.21. The van der Waals surface area contributed by atoms with Crippen LogP contribution >= 0.6 is 0 Å². The predicted octanol–water partition coefficient (Wildman–Crippen LogP) is 1.17. The van der Waals surface area contributed by atoms with Gasteiger partial charge >= 0.3 is 0 Å². The normalized spacial score (nSPS) is 24.0. The molecule has 1 aliphatic rings. The van der Waals surface area contributed by atoms with Crippen molar-refractivity contribution in [3.05, 3.63) is 0 Å². The molecule has 1 heterocycles. The topological polar surface area (TPSA) is 26.7 Å². The number of hydrogen-bond acceptors (Lipinski definition) is 3. The zero-order valence-corrected chi connectivity index (χ0v) is 10.7. The van der Waals surface area contributed by atoms with E-state index in [2.05, 4.69) is 37.6 Å². The van der Waals surface area contributed by atoms with Crippen LogP contribution in [0.1, 0.15) is 33.6 Å². The summed E-state index contributed by atoms with van der Waals surface area (Å²) in [4.78, 5) is 4.79. The van der Waals surface area contributed by atoms with Crippen LogP contribution in [0.4, 0.5) is 0 Å². The summed E-state index contributed by atoms with van der Waals surface area (Å²) in [6, 6.07) is 0.415. The Kier molecular flexibility index (Phi) is 4.56. The monoisotopic (exact) mass is 214 g/mol. The van der Waals surface area contributed by atoms with Crippen LogP contribution in [0, 0.1) is 0 Å². The molecule has 90 valence electrons. The summed E-state index contributed by atoms with van der Waals surface area (Å²) in [6.07, 6.45) is 2.40. The van der Waals surface area contributed by atoms with Gasteiger partial charge in [0.2, 0.25) is 0 Å². The number of likely N-dealkylation sites (tertiary alicyclic amines) is 1. The molecule has 1 N–H and O–H groups in total. The summed E-state index contributed by atoms with van der Waals surface area (Å²) >= 11 is 0. The summed E-state index contributed by atoms with van der Waals surface area (Å²) in [5.41, 5.74) is 0.244. The Bertz CT molecular complexity index is 189. The second-order valence-electron chi connectivity index (χ2n) is 5.61. The lowest BCUT2D eigenvalue weighted by Crippen LogP contribution is -2.44. The first kappa shape index (κ1) is 12.9. The Morgan fingerprint density at radius 1 is 1.40 bits per heavy atom. The van der Waals surface area contributed by atoms with Crippen LogP contribution in [0.5, 0.6) is 0 Å². The van der Waals surface area contributed by atoms with Crippen molar-refractivity contribution in [1.29, 1.82) is 0 Å². The summed E-state index contributed by atoms with van der Waals surface area (Å²) in [7, 11) is 2.17. The fourth-order valence-electron chi connectivity index (χ4n) is 2.01. The molecule has 0 aromatic rings. The van der Waals surface area contributed by atoms with Crippen molar-refractivity contribution in [3.8, 4) is 0 Å². The summed E-state index contributed by atoms with van der Waals surface area (Å²) < 4.78 is 0. The van der Waals surface area contributed by atoms with Crippen molar-refractivity contribution in [2.45, 2.75) is 45.2 Å². The number of aliphatic hydroxyl groups excluding tert-OH is 1. The second kappa shape index (κ2) is 5.28. The Morgan fingerprint density at radius 3 is 2.60 bits per heavy atom. The van der Waals surface area contributed by atoms with E-state index in [9.17, 15) is 5.11 Å². The minimum Gasteiger partial charge on any atom is -0.395 e. The van der Waals surface area contributed by atoms with Gasteiger partial charge in [0, 0.05) is 24.7 Å². The molecule has 3 nitrogen and oxygen atoms in total. The standard InChI is InChI=1S/C12H26N2O/c1-12(2,3)13(4)8-9-14-7-5-6-11(14)10-15/h11,15H,5-10H2,1-4H3/t11-/m0/s1. The fourth-order valence-corrected chi connectivity index (χ4v) is 2.01. The molecule has 0 unspecified atom stereocenters. The minimum atomic E-state index is 0.244. The van der Waals surface area contributed by atoms with Crippen LogP contribution in [-0.4, -0.2) is 59.8 Å². The van der Waals surface area contributed by atoms with Gasteiger partial charge in [0.1, 0.15) is 0 Å². The Balaban J connectivity index is 2.30. The number of hydrogen-bond donors (Lipinski definition) is 1. The maximum Gasteiger partial charge on any atom is 0.0586 e. The molecule has 1 fully saturated rings. The highest BCUT2D eigenvalue weighted by Gasteiger charge is 2.24. The van der Waals surface area contributed by atoms with E-state index in [1.165, 1.54) is 6.42 Å². The fraction of sp³-hybridized carbons (Fsp3) is 1.00. The van der Waals surface area contributed by atoms with Crippen LogP contribution < -0.4 is 0 Å². The highest BCUT2D eigenvalue weighted by molar-refractivity contribution is 4.80. The van der Waals surface area contributed by atoms with E-state index in [1.54, 1.807) is 0 Å². The van der Waals surface area contributed by atoms with Crippen molar-refractivity contribution in [2.24, 2.45) is 0 Å². The van der Waals surface area contributed by atoms with Crippen molar-refractivity contribution in [1.82, 2.24) is 9.80 Å². The van der Waals surface area contributed by atoms with E-state index >= 15 is 0 Å². The van der Waals surface area contributed by atoms with Gasteiger partial charge in [-0.2, -0.15) is 0 Å². The van der Waals surface area contributed by atoms with Gasteiger partial charge in [-0.25, -0.2) is 0 Å². The van der Waals surface area contributed by atoms with Crippen molar-refractivity contribution >= 4 is 0 Å². The first-order valence-corrected chi connectivity index (χ1v) is 6.01. The van der Waals surface area contributed by atoms with Gasteiger partial charge in [-0.1, -0.05) is 0 Å². The van der Waals surface area contributed by atoms with Crippen LogP contribution in [0.2, 0.25) is 0 Å². The van der Waals surface area contributed by atoms with E-state index < -0.39 is 0 Å². The average Bonchev–Trinajstić information content (AvgIpc) is 2.59. The van der Waals surface area contributed by atoms with Gasteiger partial charge < -0.3 is 10.0 Å². The molecule has 0 aromatic heterocycles. The lowest BCUT2D eigenvalue weighted by molar-refractivity contribution is 0.117. The zero-order valence-electron chi connectivity index (χ0n) is 10.7. The lowest BCUT2D eigenvalue weighted by Gasteiger charge is -2.34. The zero-order chi connectivity index (χ0) is 11.5. The van der Waals surface area contributed by atoms with E-state index in [1.807, 2.05) is 0 Å². The highest BCUT2D eigenvalue weighted by Crippen LogP contribution is 2.17. The van der Waals surface area contributed by atoms with E-state index in [0.717, 1.165) is 26.1 Å². The van der Waals surface area contributed by atoms with Crippen LogP contribution in [0.25, 0.3) is 0 Å². The predicted molar refractivity (Wildman–Crippen MR) is 64.1 cm³/mol. The maximum absolute atomic E-state index is 9.21. The average molecular weight is 214 g/mol. The molecule has 0 aromatic carbocycles. The number of aliphatic hydroxyl groups is 1. The van der Waals surface area contributed by atoms with Crippen LogP contribution in [0.3, 0.4) is 0 Å². The molecular formula is C12H26N2O. The SMILES string of the molecule is CN(CCN1CCC[C@H]1CO)C(C)(C)C. The number of likely N-dealkylation sites (N-methyl/N-ethyl adjacent to an activating group) is 1. The molecule has 0 radical (unpaired) electrons. The first-order valence-electron chi connectivity index (χ1n) is 6.01. The van der Waals surface area contributed by atoms with Crippen molar-refractivity contribution in [3.63, 3.8) is 0 Å². The van der Waals surface area contributed by atoms with Crippen molar-refractivity contribution in [2.75, 3.05) is 33.3 Å². The molecule has 0 aliphatic carbocycles. The molecular weight excluding hydrogens is 188 g/mol. The van der Waals surface area contributed by atoms with Crippen LogP contribution in [-0.2, 0) is 0 Å². The lowest BCUT2D eigenvalue weighted by atomic mass is 10.1. The van der Waals surface area contributed by atoms with E-state index in [4.69, 9.17) is 0 Å². The van der Waals surface area contributed by atoms with Crippen LogP contribution in [0.15, 0.2) is 0 Å². The van der Waals surface area contributed by atoms with Gasteiger partial charge in [0.15, 0.2) is 0 Å². The van der Waals surface area contributed by atoms with Gasteiger partial charge in [-0.15, -0.1) is 0 Å². The quantitative estimate of drug-likeness (QED) is 0.761. The summed E-state index contributed by atoms with van der Waals surface area (Å²) in [5.74, 6) is 0. The highest BCUT2D eigenvalue weighted by atomic mass is 16.3. The molecule has 0 amide bonds. The Hall–Kier alpha value is -0.120. The maximum atomic E-state index is 9.21. The number of rotatable bonds is 4. The first-order chi connectivity index (χ1) is 6.95. The number of nitrogens with zero attached hydrogens (tertiary/aromatic N) is 2. The largest absolute Gasteiger partial charge is 0.395 e. The molecule has 0 bridgehead atoms. The van der Waals surface area contributed by atoms with E-state index in [-0.39, 0.29) is 5.54 Å². The van der Waals surface area contributed by atoms with Gasteiger partial charge in [-0.3, -0.25) is 4.90 Å². The van der Waals surface area contributed by atoms with Gasteiger partial charge in [0.05, 0.1) is 6.61 Å². The third-order valence-corrected chi connectivity index (χ3v) is 3.58. The third-order valence-electron chi connectivity index (χ3n) is 3.58. The molecule has 1 atom stereocenters. The molecule has 15 heavy (non-hydrogen) atoms. The Morgan fingerprint density at radius 2 is 2.07 bits per heavy atom. The molecule has 0 spiro atoms. The van der Waals surface area contributed by atoms with E-state index in [0.29, 0.717) is 12.6 Å². The Labute approximate surface area is 94.1 Å². The molecule has 1 aliphatic heterocycles. The minimum absolute atomic E-state index is 0.244. The second-order valence-corrected chi connectivity index (χ2v) is 5.61. The molecule has 1 saturated heterocycles. The van der Waals surface area contributed by atoms with Gasteiger partial charge in [-0.05, 0) is 47.2 Å². The molecule has 3 heteroatoms. The molecule has 0 saturated carbocycles.